The number of hydrogen-bond donors (Lipinski definition) is 1. The Bertz CT molecular complexity index is 1270. The van der Waals surface area contributed by atoms with Crippen molar-refractivity contribution in [1.82, 2.24) is 15.0 Å². The van der Waals surface area contributed by atoms with Gasteiger partial charge in [-0.3, -0.25) is 0 Å². The van der Waals surface area contributed by atoms with Crippen molar-refractivity contribution < 1.29 is 22.3 Å². The highest BCUT2D eigenvalue weighted by atomic mass is 35.5. The van der Waals surface area contributed by atoms with Gasteiger partial charge >= 0.3 is 6.18 Å². The van der Waals surface area contributed by atoms with Gasteiger partial charge in [0, 0.05) is 17.8 Å². The van der Waals surface area contributed by atoms with Crippen LogP contribution in [0.25, 0.3) is 22.2 Å². The summed E-state index contributed by atoms with van der Waals surface area (Å²) in [6.07, 6.45) is -0.313. The number of fused-ring (bicyclic) bond motifs is 2. The van der Waals surface area contributed by atoms with Crippen molar-refractivity contribution >= 4 is 45.8 Å². The van der Waals surface area contributed by atoms with E-state index in [4.69, 9.17) is 22.1 Å². The van der Waals surface area contributed by atoms with Gasteiger partial charge in [-0.1, -0.05) is 23.4 Å². The first-order valence-corrected chi connectivity index (χ1v) is 11.8. The number of nitrogens with two attached hydrogens (primary N) is 1. The van der Waals surface area contributed by atoms with Crippen molar-refractivity contribution in [3.63, 3.8) is 0 Å². The molecule has 2 aliphatic heterocycles. The molecule has 5 rings (SSSR count). The molecule has 0 spiro atoms. The summed E-state index contributed by atoms with van der Waals surface area (Å²) in [5, 5.41) is -0.0923. The number of pyridine rings is 1. The van der Waals surface area contributed by atoms with Crippen LogP contribution in [0.15, 0.2) is 17.3 Å². The normalized spacial score (nSPS) is 18.1. The molecule has 2 aliphatic rings. The van der Waals surface area contributed by atoms with Crippen LogP contribution >= 0.6 is 23.4 Å². The van der Waals surface area contributed by atoms with Gasteiger partial charge in [0.15, 0.2) is 11.0 Å². The van der Waals surface area contributed by atoms with Gasteiger partial charge in [-0.05, 0) is 37.7 Å². The van der Waals surface area contributed by atoms with E-state index in [2.05, 4.69) is 19.9 Å². The molecule has 6 nitrogen and oxygen atoms in total. The minimum Gasteiger partial charge on any atom is -0.475 e. The predicted molar refractivity (Wildman–Crippen MR) is 119 cm³/mol. The molecule has 1 atom stereocenters. The zero-order valence-corrected chi connectivity index (χ0v) is 18.9. The number of anilines is 2. The molecule has 1 aromatic carbocycles. The number of aromatic nitrogens is 3. The third kappa shape index (κ3) is 3.71. The summed E-state index contributed by atoms with van der Waals surface area (Å²) in [6.45, 7) is 0.960. The lowest BCUT2D eigenvalue weighted by atomic mass is 10.0. The summed E-state index contributed by atoms with van der Waals surface area (Å²) in [4.78, 5) is 15.1. The summed E-state index contributed by atoms with van der Waals surface area (Å²) in [7, 11) is 0. The third-order valence-corrected chi connectivity index (χ3v) is 6.70. The van der Waals surface area contributed by atoms with Gasteiger partial charge in [-0.25, -0.2) is 19.3 Å². The molecule has 174 valence electrons. The van der Waals surface area contributed by atoms with Crippen molar-refractivity contribution in [3.8, 4) is 17.1 Å². The Morgan fingerprint density at radius 2 is 2.00 bits per heavy atom. The van der Waals surface area contributed by atoms with Crippen LogP contribution in [0.5, 0.6) is 5.88 Å². The van der Waals surface area contributed by atoms with E-state index in [-0.39, 0.29) is 35.1 Å². The van der Waals surface area contributed by atoms with Gasteiger partial charge in [-0.15, -0.1) is 0 Å². The van der Waals surface area contributed by atoms with E-state index in [9.17, 15) is 13.2 Å². The Kier molecular flexibility index (Phi) is 5.43. The zero-order valence-electron chi connectivity index (χ0n) is 17.3. The van der Waals surface area contributed by atoms with E-state index in [1.54, 1.807) is 6.26 Å². The molecule has 4 heterocycles. The Morgan fingerprint density at radius 1 is 1.21 bits per heavy atom. The van der Waals surface area contributed by atoms with Crippen molar-refractivity contribution in [2.75, 3.05) is 30.0 Å². The average molecular weight is 500 g/mol. The summed E-state index contributed by atoms with van der Waals surface area (Å²) < 4.78 is 63.4. The minimum absolute atomic E-state index is 0.000169. The van der Waals surface area contributed by atoms with Gasteiger partial charge in [0.05, 0.1) is 16.6 Å². The lowest BCUT2D eigenvalue weighted by Crippen LogP contribution is -2.42. The van der Waals surface area contributed by atoms with Crippen molar-refractivity contribution in [2.24, 2.45) is 0 Å². The van der Waals surface area contributed by atoms with E-state index in [0.29, 0.717) is 17.5 Å². The van der Waals surface area contributed by atoms with E-state index in [0.717, 1.165) is 31.4 Å². The number of piperidine rings is 1. The van der Waals surface area contributed by atoms with Crippen LogP contribution in [0.4, 0.5) is 29.1 Å². The van der Waals surface area contributed by atoms with E-state index < -0.39 is 33.8 Å². The summed E-state index contributed by atoms with van der Waals surface area (Å²) in [5.41, 5.74) is 3.19. The largest absolute Gasteiger partial charge is 0.475 e. The van der Waals surface area contributed by atoms with Crippen molar-refractivity contribution in [1.29, 1.82) is 0 Å². The lowest BCUT2D eigenvalue weighted by molar-refractivity contribution is -0.137. The average Bonchev–Trinajstić information content (AvgIpc) is 2.92. The quantitative estimate of drug-likeness (QED) is 0.214. The molecule has 1 fully saturated rings. The van der Waals surface area contributed by atoms with Crippen LogP contribution in [0.3, 0.4) is 0 Å². The maximum absolute atomic E-state index is 15.9. The minimum atomic E-state index is -4.86. The Balaban J connectivity index is 1.84. The first-order chi connectivity index (χ1) is 15.7. The summed E-state index contributed by atoms with van der Waals surface area (Å²) in [6, 6.07) is 1.98. The van der Waals surface area contributed by atoms with E-state index in [1.165, 1.54) is 11.8 Å². The van der Waals surface area contributed by atoms with Crippen LogP contribution in [0, 0.1) is 5.82 Å². The Morgan fingerprint density at radius 3 is 2.73 bits per heavy atom. The number of hydrogen-bond acceptors (Lipinski definition) is 7. The molecule has 3 aromatic rings. The molecular weight excluding hydrogens is 482 g/mol. The molecule has 0 unspecified atom stereocenters. The van der Waals surface area contributed by atoms with Gasteiger partial charge in [-0.2, -0.15) is 13.2 Å². The number of nitrogen functional groups attached to an aromatic ring is 1. The first-order valence-electron chi connectivity index (χ1n) is 10.2. The molecule has 0 radical (unpaired) electrons. The van der Waals surface area contributed by atoms with Crippen LogP contribution in [0.1, 0.15) is 24.8 Å². The second kappa shape index (κ2) is 8.05. The zero-order chi connectivity index (χ0) is 23.5. The number of benzene rings is 1. The lowest BCUT2D eigenvalue weighted by Gasteiger charge is -2.34. The second-order valence-corrected chi connectivity index (χ2v) is 9.09. The van der Waals surface area contributed by atoms with Crippen molar-refractivity contribution in [2.45, 2.75) is 36.6 Å². The van der Waals surface area contributed by atoms with Crippen LogP contribution < -0.4 is 15.4 Å². The highest BCUT2D eigenvalue weighted by Crippen LogP contribution is 2.46. The highest BCUT2D eigenvalue weighted by molar-refractivity contribution is 7.98. The number of halogens is 5. The molecule has 0 amide bonds. The van der Waals surface area contributed by atoms with Crippen LogP contribution in [0.2, 0.25) is 5.02 Å². The van der Waals surface area contributed by atoms with Gasteiger partial charge in [0.1, 0.15) is 29.0 Å². The molecule has 0 aliphatic carbocycles. The third-order valence-electron chi connectivity index (χ3n) is 5.86. The Labute approximate surface area is 195 Å². The number of nitrogens with zero attached hydrogens (tertiary/aromatic N) is 4. The van der Waals surface area contributed by atoms with Crippen LogP contribution in [-0.4, -0.2) is 40.4 Å². The summed E-state index contributed by atoms with van der Waals surface area (Å²) >= 11 is 7.10. The SMILES string of the molecule is CSc1nc2c3c(nc(-c4cc(N)cc(Cl)c4C(F)(F)F)c(F)c3n1)OC[C@@H]1CCCCN21. The molecular formula is C21H18ClF4N5OS. The summed E-state index contributed by atoms with van der Waals surface area (Å²) in [5.74, 6) is -0.537. The topological polar surface area (TPSA) is 77.2 Å². The predicted octanol–water partition coefficient (Wildman–Crippen LogP) is 5.56. The van der Waals surface area contributed by atoms with Gasteiger partial charge < -0.3 is 15.4 Å². The van der Waals surface area contributed by atoms with Crippen molar-refractivity contribution in [3.05, 3.63) is 28.5 Å². The number of thioether (sulfide) groups is 1. The molecule has 2 N–H and O–H groups in total. The maximum Gasteiger partial charge on any atom is 0.418 e. The fourth-order valence-electron chi connectivity index (χ4n) is 4.42. The number of rotatable bonds is 2. The molecule has 0 saturated carbocycles. The number of alkyl halides is 3. The molecule has 33 heavy (non-hydrogen) atoms. The monoisotopic (exact) mass is 499 g/mol. The molecule has 0 bridgehead atoms. The van der Waals surface area contributed by atoms with E-state index >= 15 is 4.39 Å². The van der Waals surface area contributed by atoms with Gasteiger partial charge in [0.25, 0.3) is 0 Å². The molecule has 12 heteroatoms. The Hall–Kier alpha value is -2.53. The fraction of sp³-hybridized carbons (Fsp3) is 0.381. The first kappa shape index (κ1) is 22.3. The molecule has 1 saturated heterocycles. The van der Waals surface area contributed by atoms with Crippen LogP contribution in [-0.2, 0) is 6.18 Å². The second-order valence-electron chi connectivity index (χ2n) is 7.91. The molecule has 2 aromatic heterocycles. The number of ether oxygens (including phenoxy) is 1. The maximum atomic E-state index is 15.9. The van der Waals surface area contributed by atoms with E-state index in [1.807, 2.05) is 0 Å². The van der Waals surface area contributed by atoms with Gasteiger partial charge in [0.2, 0.25) is 5.88 Å². The highest BCUT2D eigenvalue weighted by Gasteiger charge is 2.39. The smallest absolute Gasteiger partial charge is 0.418 e. The standard InChI is InChI=1S/C21H18ClF4N5OS/c1-33-20-29-17-13-18(30-20)31-5-3-2-4-10(31)8-32-19(13)28-16(15(17)23)11-6-9(27)7-12(22)14(11)21(24,25)26/h6-7,10H,2-5,8,27H2,1H3/t10-/m0/s1. The fourth-order valence-corrected chi connectivity index (χ4v) is 5.11.